The number of fused-ring (bicyclic) bond motifs is 1. The number of imidazole rings is 1. The summed E-state index contributed by atoms with van der Waals surface area (Å²) in [5.41, 5.74) is -0.0196. The Bertz CT molecular complexity index is 679. The van der Waals surface area contributed by atoms with E-state index >= 15 is 0 Å². The van der Waals surface area contributed by atoms with Gasteiger partial charge < -0.3 is 17.2 Å². The minimum absolute atomic E-state index is 0.329. The summed E-state index contributed by atoms with van der Waals surface area (Å²) >= 11 is 5.05. The first kappa shape index (κ1) is 10.9. The molecule has 0 unspecified atom stereocenters. The lowest BCUT2D eigenvalue weighted by Crippen LogP contribution is -2.37. The summed E-state index contributed by atoms with van der Waals surface area (Å²) in [6.45, 7) is 2.43. The second kappa shape index (κ2) is 3.44. The molecule has 0 atom stereocenters. The Kier molecular flexibility index (Phi) is 2.34. The molecule has 0 saturated heterocycles. The molecule has 0 bridgehead atoms. The van der Waals surface area contributed by atoms with Crippen LogP contribution in [0.4, 0.5) is 0 Å². The fraction of sp³-hybridized carbons (Fsp3) is 0.444. The van der Waals surface area contributed by atoms with Gasteiger partial charge in [-0.3, -0.25) is 13.9 Å². The first-order valence-electron chi connectivity index (χ1n) is 4.82. The minimum Gasteiger partial charge on any atom is -0.742 e. The topological polar surface area (TPSA) is 61.8 Å². The molecule has 0 radical (unpaired) electrons. The van der Waals surface area contributed by atoms with E-state index < -0.39 is 5.69 Å². The van der Waals surface area contributed by atoms with Gasteiger partial charge in [0.2, 0.25) is 0 Å². The summed E-state index contributed by atoms with van der Waals surface area (Å²) < 4.78 is 4.02. The van der Waals surface area contributed by atoms with Crippen molar-refractivity contribution in [2.75, 3.05) is 0 Å². The third kappa shape index (κ3) is 1.21. The molecule has 2 heterocycles. The summed E-state index contributed by atoms with van der Waals surface area (Å²) in [5.74, 6) is 0. The van der Waals surface area contributed by atoms with Crippen LogP contribution in [0.3, 0.4) is 0 Å². The van der Waals surface area contributed by atoms with Gasteiger partial charge >= 0.3 is 5.69 Å². The molecule has 0 aliphatic carbocycles. The van der Waals surface area contributed by atoms with Crippen LogP contribution in [-0.4, -0.2) is 18.7 Å². The van der Waals surface area contributed by atoms with Gasteiger partial charge in [0.25, 0.3) is 5.56 Å². The van der Waals surface area contributed by atoms with Crippen LogP contribution in [0.5, 0.6) is 0 Å². The van der Waals surface area contributed by atoms with Crippen molar-refractivity contribution in [2.45, 2.75) is 18.6 Å². The van der Waals surface area contributed by atoms with Gasteiger partial charge in [-0.25, -0.2) is 9.78 Å². The SMILES string of the molecule is CCn1c([S-])nc2c1c(=O)n(C)c(=O)n2C. The second-order valence-corrected chi connectivity index (χ2v) is 3.88. The minimum atomic E-state index is -0.395. The van der Waals surface area contributed by atoms with E-state index in [0.717, 1.165) is 4.57 Å². The maximum absolute atomic E-state index is 11.9. The Balaban J connectivity index is 3.15. The first-order chi connectivity index (χ1) is 7.49. The summed E-state index contributed by atoms with van der Waals surface area (Å²) in [7, 11) is 3.02. The normalized spacial score (nSPS) is 11.2. The highest BCUT2D eigenvalue weighted by atomic mass is 32.1. The first-order valence-corrected chi connectivity index (χ1v) is 5.23. The number of aryl methyl sites for hydroxylation is 2. The van der Waals surface area contributed by atoms with Crippen molar-refractivity contribution in [3.05, 3.63) is 20.8 Å². The summed E-state index contributed by atoms with van der Waals surface area (Å²) in [6.07, 6.45) is 0. The Morgan fingerprint density at radius 3 is 2.44 bits per heavy atom. The number of hydrogen-bond acceptors (Lipinski definition) is 4. The van der Waals surface area contributed by atoms with E-state index in [1.165, 1.54) is 11.6 Å². The third-order valence-electron chi connectivity index (χ3n) is 2.63. The van der Waals surface area contributed by atoms with E-state index in [0.29, 0.717) is 22.9 Å². The fourth-order valence-corrected chi connectivity index (χ4v) is 2.03. The standard InChI is InChI=1S/C9H12N4O2S/c1-4-13-5-6(10-8(13)16)11(2)9(15)12(3)7(5)14/h4H2,1-3H3,(H,10,16)/p-1. The molecule has 86 valence electrons. The smallest absolute Gasteiger partial charge is 0.332 e. The van der Waals surface area contributed by atoms with Crippen LogP contribution in [0.25, 0.3) is 11.2 Å². The summed E-state index contributed by atoms with van der Waals surface area (Å²) in [5, 5.41) is 0.329. The van der Waals surface area contributed by atoms with Gasteiger partial charge in [0.15, 0.2) is 11.2 Å². The molecule has 7 heteroatoms. The molecule has 6 nitrogen and oxygen atoms in total. The fourth-order valence-electron chi connectivity index (χ4n) is 1.72. The highest BCUT2D eigenvalue weighted by molar-refractivity contribution is 7.58. The van der Waals surface area contributed by atoms with E-state index in [4.69, 9.17) is 12.6 Å². The lowest BCUT2D eigenvalue weighted by Gasteiger charge is -2.08. The molecule has 2 aromatic heterocycles. The molecule has 0 saturated carbocycles. The third-order valence-corrected chi connectivity index (χ3v) is 2.94. The average Bonchev–Trinajstić information content (AvgIpc) is 2.60. The van der Waals surface area contributed by atoms with Crippen molar-refractivity contribution in [1.29, 1.82) is 0 Å². The largest absolute Gasteiger partial charge is 0.742 e. The van der Waals surface area contributed by atoms with Crippen LogP contribution in [0, 0.1) is 0 Å². The van der Waals surface area contributed by atoms with E-state index in [9.17, 15) is 9.59 Å². The average molecular weight is 239 g/mol. The van der Waals surface area contributed by atoms with Gasteiger partial charge in [-0.05, 0) is 12.1 Å². The number of nitrogens with zero attached hydrogens (tertiary/aromatic N) is 4. The van der Waals surface area contributed by atoms with E-state index in [-0.39, 0.29) is 5.56 Å². The monoisotopic (exact) mass is 239 g/mol. The van der Waals surface area contributed by atoms with Crippen molar-refractivity contribution >= 4 is 23.8 Å². The molecule has 2 aromatic rings. The van der Waals surface area contributed by atoms with Crippen LogP contribution >= 0.6 is 0 Å². The van der Waals surface area contributed by atoms with Gasteiger partial charge in [-0.1, -0.05) is 0 Å². The lowest BCUT2D eigenvalue weighted by molar-refractivity contribution is 0.685. The van der Waals surface area contributed by atoms with Crippen molar-refractivity contribution in [3.8, 4) is 0 Å². The molecular weight excluding hydrogens is 228 g/mol. The zero-order chi connectivity index (χ0) is 12.0. The maximum Gasteiger partial charge on any atom is 0.332 e. The molecule has 0 N–H and O–H groups in total. The van der Waals surface area contributed by atoms with Crippen LogP contribution in [0.15, 0.2) is 14.7 Å². The molecule has 0 aromatic carbocycles. The van der Waals surface area contributed by atoms with Crippen LogP contribution in [0.2, 0.25) is 0 Å². The zero-order valence-electron chi connectivity index (χ0n) is 9.22. The van der Waals surface area contributed by atoms with Gasteiger partial charge in [0.05, 0.1) is 0 Å². The number of rotatable bonds is 1. The Morgan fingerprint density at radius 1 is 1.25 bits per heavy atom. The van der Waals surface area contributed by atoms with Gasteiger partial charge in [0, 0.05) is 20.6 Å². The second-order valence-electron chi connectivity index (χ2n) is 3.52. The molecule has 0 aliphatic heterocycles. The molecule has 0 fully saturated rings. The van der Waals surface area contributed by atoms with Crippen molar-refractivity contribution in [2.24, 2.45) is 14.1 Å². The molecule has 0 amide bonds. The van der Waals surface area contributed by atoms with Gasteiger partial charge in [-0.2, -0.15) is 0 Å². The Morgan fingerprint density at radius 2 is 1.88 bits per heavy atom. The molecule has 0 aliphatic rings. The van der Waals surface area contributed by atoms with E-state index in [2.05, 4.69) is 4.98 Å². The lowest BCUT2D eigenvalue weighted by atomic mass is 10.5. The van der Waals surface area contributed by atoms with Gasteiger partial charge in [0.1, 0.15) is 0 Å². The highest BCUT2D eigenvalue weighted by Gasteiger charge is 2.13. The Labute approximate surface area is 96.5 Å². The van der Waals surface area contributed by atoms with Crippen LogP contribution in [-0.2, 0) is 33.3 Å². The maximum atomic E-state index is 11.9. The predicted octanol–water partition coefficient (Wildman–Crippen LogP) is -0.641. The van der Waals surface area contributed by atoms with Crippen molar-refractivity contribution in [1.82, 2.24) is 18.7 Å². The van der Waals surface area contributed by atoms with Crippen LogP contribution in [0.1, 0.15) is 6.92 Å². The van der Waals surface area contributed by atoms with Gasteiger partial charge in [-0.15, -0.1) is 0 Å². The molecular formula is C9H11N4O2S-. The Hall–Kier alpha value is -1.63. The van der Waals surface area contributed by atoms with Crippen molar-refractivity contribution in [3.63, 3.8) is 0 Å². The number of hydrogen-bond donors (Lipinski definition) is 0. The van der Waals surface area contributed by atoms with Crippen molar-refractivity contribution < 1.29 is 0 Å². The predicted molar refractivity (Wildman–Crippen MR) is 61.5 cm³/mol. The summed E-state index contributed by atoms with van der Waals surface area (Å²) in [6, 6.07) is 0. The van der Waals surface area contributed by atoms with E-state index in [1.807, 2.05) is 6.92 Å². The zero-order valence-corrected chi connectivity index (χ0v) is 10.0. The number of aromatic nitrogens is 4. The highest BCUT2D eigenvalue weighted by Crippen LogP contribution is 2.09. The molecule has 16 heavy (non-hydrogen) atoms. The van der Waals surface area contributed by atoms with Crippen LogP contribution < -0.4 is 11.2 Å². The molecule has 2 rings (SSSR count). The summed E-state index contributed by atoms with van der Waals surface area (Å²) in [4.78, 5) is 27.7. The quantitative estimate of drug-likeness (QED) is 0.621. The van der Waals surface area contributed by atoms with E-state index in [1.54, 1.807) is 11.6 Å². The molecule has 0 spiro atoms.